The lowest BCUT2D eigenvalue weighted by atomic mass is 10.1. The molecule has 0 saturated heterocycles. The molecule has 3 aromatic heterocycles. The molecule has 0 aliphatic rings. The molecule has 0 spiro atoms. The summed E-state index contributed by atoms with van der Waals surface area (Å²) in [7, 11) is 1.73. The summed E-state index contributed by atoms with van der Waals surface area (Å²) in [6, 6.07) is 11.5. The first-order valence-corrected chi connectivity index (χ1v) is 9.35. The van der Waals surface area contributed by atoms with Crippen LogP contribution in [0.4, 0.5) is 30.6 Å². The summed E-state index contributed by atoms with van der Waals surface area (Å²) in [5, 5.41) is 10.9. The maximum atomic E-state index is 12.8. The largest absolute Gasteiger partial charge is 0.433 e. The fourth-order valence-electron chi connectivity index (χ4n) is 2.99. The van der Waals surface area contributed by atoms with Gasteiger partial charge in [0.05, 0.1) is 23.5 Å². The predicted octanol–water partition coefficient (Wildman–Crippen LogP) is 3.63. The third-order valence-electron chi connectivity index (χ3n) is 4.62. The van der Waals surface area contributed by atoms with Gasteiger partial charge in [-0.15, -0.1) is 0 Å². The molecule has 3 heterocycles. The van der Waals surface area contributed by atoms with Crippen LogP contribution in [0.5, 0.6) is 0 Å². The smallest absolute Gasteiger partial charge is 0.352 e. The molecule has 11 heteroatoms. The van der Waals surface area contributed by atoms with Crippen LogP contribution in [0.2, 0.25) is 0 Å². The molecular weight excluding hydrogens is 409 g/mol. The number of benzene rings is 1. The van der Waals surface area contributed by atoms with Crippen LogP contribution >= 0.6 is 0 Å². The number of nitrogens with one attached hydrogen (secondary N) is 2. The lowest BCUT2D eigenvalue weighted by Gasteiger charge is -2.14. The van der Waals surface area contributed by atoms with Crippen LogP contribution in [0.15, 0.2) is 54.9 Å². The van der Waals surface area contributed by atoms with E-state index in [0.717, 1.165) is 17.8 Å². The highest BCUT2D eigenvalue weighted by atomic mass is 19.4. The Morgan fingerprint density at radius 3 is 2.52 bits per heavy atom. The molecule has 8 nitrogen and oxygen atoms in total. The van der Waals surface area contributed by atoms with E-state index in [1.165, 1.54) is 6.07 Å². The maximum absolute atomic E-state index is 12.8. The molecule has 0 unspecified atom stereocenters. The van der Waals surface area contributed by atoms with Crippen molar-refractivity contribution in [2.75, 3.05) is 17.2 Å². The van der Waals surface area contributed by atoms with E-state index in [1.807, 2.05) is 30.3 Å². The summed E-state index contributed by atoms with van der Waals surface area (Å²) < 4.78 is 39.8. The van der Waals surface area contributed by atoms with Gasteiger partial charge in [0, 0.05) is 19.6 Å². The van der Waals surface area contributed by atoms with Crippen molar-refractivity contribution in [2.24, 2.45) is 12.8 Å². The van der Waals surface area contributed by atoms with Gasteiger partial charge < -0.3 is 16.4 Å². The van der Waals surface area contributed by atoms with Crippen LogP contribution in [-0.2, 0) is 13.2 Å². The first-order valence-electron chi connectivity index (χ1n) is 9.35. The number of hydrogen-bond donors (Lipinski definition) is 3. The van der Waals surface area contributed by atoms with Crippen LogP contribution in [0.3, 0.4) is 0 Å². The zero-order valence-electron chi connectivity index (χ0n) is 16.4. The van der Waals surface area contributed by atoms with Crippen LogP contribution in [0, 0.1) is 0 Å². The zero-order chi connectivity index (χ0) is 22.0. The minimum absolute atomic E-state index is 0.275. The van der Waals surface area contributed by atoms with Gasteiger partial charge in [-0.3, -0.25) is 4.68 Å². The average molecular weight is 428 g/mol. The summed E-state index contributed by atoms with van der Waals surface area (Å²) in [5.41, 5.74) is 7.12. The van der Waals surface area contributed by atoms with E-state index >= 15 is 0 Å². The van der Waals surface area contributed by atoms with Gasteiger partial charge in [-0.05, 0) is 17.7 Å². The number of fused-ring (bicyclic) bond motifs is 1. The van der Waals surface area contributed by atoms with Gasteiger partial charge in [-0.2, -0.15) is 28.2 Å². The second-order valence-electron chi connectivity index (χ2n) is 6.85. The summed E-state index contributed by atoms with van der Waals surface area (Å²) in [6.45, 7) is 0.384. The number of halogens is 3. The number of pyridine rings is 1. The van der Waals surface area contributed by atoms with Crippen LogP contribution in [0.25, 0.3) is 11.0 Å². The van der Waals surface area contributed by atoms with E-state index < -0.39 is 11.9 Å². The molecule has 4 rings (SSSR count). The Bertz CT molecular complexity index is 1170. The van der Waals surface area contributed by atoms with Crippen molar-refractivity contribution in [3.8, 4) is 0 Å². The quantitative estimate of drug-likeness (QED) is 0.431. The molecule has 1 atom stereocenters. The second kappa shape index (κ2) is 8.19. The van der Waals surface area contributed by atoms with Gasteiger partial charge in [-0.25, -0.2) is 4.98 Å². The van der Waals surface area contributed by atoms with Crippen molar-refractivity contribution in [3.63, 3.8) is 0 Å². The number of hydrogen-bond acceptors (Lipinski definition) is 7. The van der Waals surface area contributed by atoms with Gasteiger partial charge in [0.15, 0.2) is 5.65 Å². The van der Waals surface area contributed by atoms with Crippen molar-refractivity contribution < 1.29 is 13.2 Å². The summed E-state index contributed by atoms with van der Waals surface area (Å²) in [5.74, 6) is 0.695. The molecule has 31 heavy (non-hydrogen) atoms. The van der Waals surface area contributed by atoms with Gasteiger partial charge in [0.2, 0.25) is 5.95 Å². The highest BCUT2D eigenvalue weighted by Crippen LogP contribution is 2.29. The molecule has 160 valence electrons. The normalized spacial score (nSPS) is 12.7. The average Bonchev–Trinajstić information content (AvgIpc) is 3.13. The van der Waals surface area contributed by atoms with Gasteiger partial charge in [-0.1, -0.05) is 30.3 Å². The minimum atomic E-state index is -4.50. The van der Waals surface area contributed by atoms with Crippen LogP contribution in [-0.4, -0.2) is 31.3 Å². The van der Waals surface area contributed by atoms with Crippen LogP contribution in [0.1, 0.15) is 17.3 Å². The standard InChI is InChI=1S/C20H19F3N8/c1-31-18-14(10-27-31)17(28-13-7-8-16(25-9-13)20(21,22)23)29-19(30-18)26-11-15(24)12-5-3-2-4-6-12/h2-10,15H,11,24H2,1H3,(H2,26,28,29,30)/t15-/m0/s1. The zero-order valence-corrected chi connectivity index (χ0v) is 16.4. The number of nitrogens with zero attached hydrogens (tertiary/aromatic N) is 5. The van der Waals surface area contributed by atoms with Gasteiger partial charge in [0.25, 0.3) is 0 Å². The molecule has 4 aromatic rings. The summed E-state index contributed by atoms with van der Waals surface area (Å²) >= 11 is 0. The molecule has 0 aliphatic carbocycles. The van der Waals surface area contributed by atoms with Gasteiger partial charge in [0.1, 0.15) is 11.5 Å². The number of anilines is 3. The van der Waals surface area contributed by atoms with Crippen LogP contribution < -0.4 is 16.4 Å². The third-order valence-corrected chi connectivity index (χ3v) is 4.62. The molecule has 0 bridgehead atoms. The lowest BCUT2D eigenvalue weighted by molar-refractivity contribution is -0.141. The molecule has 0 saturated carbocycles. The molecule has 0 fully saturated rings. The van der Waals surface area contributed by atoms with Crippen molar-refractivity contribution >= 4 is 28.5 Å². The summed E-state index contributed by atoms with van der Waals surface area (Å²) in [6.07, 6.45) is -1.82. The van der Waals surface area contributed by atoms with Crippen molar-refractivity contribution in [1.29, 1.82) is 0 Å². The highest BCUT2D eigenvalue weighted by Gasteiger charge is 2.32. The molecule has 0 aliphatic heterocycles. The molecule has 4 N–H and O–H groups in total. The topological polar surface area (TPSA) is 107 Å². The Balaban J connectivity index is 1.58. The van der Waals surface area contributed by atoms with E-state index in [2.05, 4.69) is 30.7 Å². The van der Waals surface area contributed by atoms with Gasteiger partial charge >= 0.3 is 6.18 Å². The Morgan fingerprint density at radius 2 is 1.84 bits per heavy atom. The molecular formula is C20H19F3N8. The molecule has 0 amide bonds. The van der Waals surface area contributed by atoms with E-state index in [4.69, 9.17) is 5.73 Å². The Labute approximate surface area is 175 Å². The lowest BCUT2D eigenvalue weighted by Crippen LogP contribution is -2.21. The highest BCUT2D eigenvalue weighted by molar-refractivity contribution is 5.89. The third kappa shape index (κ3) is 4.56. The summed E-state index contributed by atoms with van der Waals surface area (Å²) in [4.78, 5) is 12.4. The number of alkyl halides is 3. The van der Waals surface area contributed by atoms with Crippen molar-refractivity contribution in [2.45, 2.75) is 12.2 Å². The fourth-order valence-corrected chi connectivity index (χ4v) is 2.99. The Hall–Kier alpha value is -3.73. The molecule has 1 aromatic carbocycles. The van der Waals surface area contributed by atoms with E-state index in [1.54, 1.807) is 17.9 Å². The van der Waals surface area contributed by atoms with E-state index in [0.29, 0.717) is 35.0 Å². The van der Waals surface area contributed by atoms with Crippen molar-refractivity contribution in [1.82, 2.24) is 24.7 Å². The number of nitrogens with two attached hydrogens (primary N) is 1. The van der Waals surface area contributed by atoms with E-state index in [-0.39, 0.29) is 6.04 Å². The predicted molar refractivity (Wildman–Crippen MR) is 111 cm³/mol. The molecule has 0 radical (unpaired) electrons. The fraction of sp³-hybridized carbons (Fsp3) is 0.200. The Morgan fingerprint density at radius 1 is 1.06 bits per heavy atom. The van der Waals surface area contributed by atoms with E-state index in [9.17, 15) is 13.2 Å². The number of aromatic nitrogens is 5. The Kier molecular flexibility index (Phi) is 5.42. The number of aryl methyl sites for hydroxylation is 1. The minimum Gasteiger partial charge on any atom is -0.352 e. The SMILES string of the molecule is Cn1ncc2c(Nc3ccc(C(F)(F)F)nc3)nc(NC[C@H](N)c3ccccc3)nc21. The van der Waals surface area contributed by atoms with Crippen molar-refractivity contribution in [3.05, 3.63) is 66.1 Å². The monoisotopic (exact) mass is 428 g/mol. The number of rotatable bonds is 6. The first-order chi connectivity index (χ1) is 14.8. The first kappa shape index (κ1) is 20.5. The second-order valence-corrected chi connectivity index (χ2v) is 6.85. The maximum Gasteiger partial charge on any atom is 0.433 e.